The highest BCUT2D eigenvalue weighted by Gasteiger charge is 1.97. The Morgan fingerprint density at radius 3 is 2.59 bits per heavy atom. The number of nitrogens with zero attached hydrogens (tertiary/aromatic N) is 3. The Bertz CT molecular complexity index is 602. The summed E-state index contributed by atoms with van der Waals surface area (Å²) >= 11 is 0. The smallest absolute Gasteiger partial charge is 0.189 e. The zero-order chi connectivity index (χ0) is 15.1. The normalized spacial score (nSPS) is 10.9. The SMILES string of the molecule is C=C(C)CNC(N)=NCc1ccc(Cn2ccnc2)cc1.I. The van der Waals surface area contributed by atoms with Crippen molar-refractivity contribution in [2.75, 3.05) is 6.54 Å². The van der Waals surface area contributed by atoms with E-state index in [1.54, 1.807) is 6.20 Å². The summed E-state index contributed by atoms with van der Waals surface area (Å²) in [4.78, 5) is 8.33. The number of guanidine groups is 1. The lowest BCUT2D eigenvalue weighted by atomic mass is 10.1. The number of benzene rings is 1. The molecule has 0 fully saturated rings. The standard InChI is InChI=1S/C16H21N5.HI/c1-13(2)9-19-16(17)20-10-14-3-5-15(6-4-14)11-21-8-7-18-12-21;/h3-8,12H,1,9-11H2,2H3,(H3,17,19,20);1H. The highest BCUT2D eigenvalue weighted by Crippen LogP contribution is 2.07. The Labute approximate surface area is 148 Å². The van der Waals surface area contributed by atoms with Crippen LogP contribution in [-0.4, -0.2) is 22.1 Å². The maximum Gasteiger partial charge on any atom is 0.189 e. The van der Waals surface area contributed by atoms with Gasteiger partial charge in [0.05, 0.1) is 12.9 Å². The highest BCUT2D eigenvalue weighted by atomic mass is 127. The molecule has 0 aliphatic rings. The first-order valence-corrected chi connectivity index (χ1v) is 6.85. The lowest BCUT2D eigenvalue weighted by Crippen LogP contribution is -2.32. The van der Waals surface area contributed by atoms with Crippen LogP contribution in [0.5, 0.6) is 0 Å². The van der Waals surface area contributed by atoms with Crippen molar-refractivity contribution >= 4 is 29.9 Å². The molecule has 0 amide bonds. The number of nitrogens with two attached hydrogens (primary N) is 1. The molecule has 0 unspecified atom stereocenters. The fourth-order valence-electron chi connectivity index (χ4n) is 1.81. The predicted molar refractivity (Wildman–Crippen MR) is 101 cm³/mol. The second-order valence-corrected chi connectivity index (χ2v) is 5.06. The van der Waals surface area contributed by atoms with Crippen molar-refractivity contribution in [3.63, 3.8) is 0 Å². The van der Waals surface area contributed by atoms with E-state index in [1.165, 1.54) is 5.56 Å². The molecular weight excluding hydrogens is 389 g/mol. The van der Waals surface area contributed by atoms with Gasteiger partial charge in [0, 0.05) is 25.5 Å². The van der Waals surface area contributed by atoms with Gasteiger partial charge < -0.3 is 15.6 Å². The van der Waals surface area contributed by atoms with Crippen molar-refractivity contribution in [1.82, 2.24) is 14.9 Å². The number of nitrogens with one attached hydrogen (secondary N) is 1. The maximum atomic E-state index is 5.78. The molecule has 1 heterocycles. The van der Waals surface area contributed by atoms with Crippen LogP contribution in [0.15, 0.2) is 60.1 Å². The van der Waals surface area contributed by atoms with Crippen molar-refractivity contribution in [2.45, 2.75) is 20.0 Å². The second kappa shape index (κ2) is 9.24. The van der Waals surface area contributed by atoms with Crippen molar-refractivity contribution in [2.24, 2.45) is 10.7 Å². The van der Waals surface area contributed by atoms with E-state index < -0.39 is 0 Å². The highest BCUT2D eigenvalue weighted by molar-refractivity contribution is 14.0. The van der Waals surface area contributed by atoms with E-state index in [0.29, 0.717) is 19.0 Å². The molecule has 0 atom stereocenters. The van der Waals surface area contributed by atoms with Gasteiger partial charge in [0.15, 0.2) is 5.96 Å². The molecule has 5 nitrogen and oxygen atoms in total. The quantitative estimate of drug-likeness (QED) is 0.332. The number of rotatable bonds is 6. The molecule has 2 rings (SSSR count). The molecule has 1 aromatic heterocycles. The van der Waals surface area contributed by atoms with Gasteiger partial charge in [-0.3, -0.25) is 0 Å². The van der Waals surface area contributed by atoms with Gasteiger partial charge in [0.25, 0.3) is 0 Å². The van der Waals surface area contributed by atoms with Gasteiger partial charge in [-0.2, -0.15) is 0 Å². The van der Waals surface area contributed by atoms with Crippen LogP contribution in [0.2, 0.25) is 0 Å². The fraction of sp³-hybridized carbons (Fsp3) is 0.250. The van der Waals surface area contributed by atoms with Crippen LogP contribution in [0, 0.1) is 0 Å². The van der Waals surface area contributed by atoms with Crippen LogP contribution in [0.25, 0.3) is 0 Å². The number of aliphatic imine (C=N–C) groups is 1. The molecule has 118 valence electrons. The van der Waals surface area contributed by atoms with E-state index >= 15 is 0 Å². The molecule has 0 bridgehead atoms. The van der Waals surface area contributed by atoms with Gasteiger partial charge >= 0.3 is 0 Å². The summed E-state index contributed by atoms with van der Waals surface area (Å²) < 4.78 is 2.03. The summed E-state index contributed by atoms with van der Waals surface area (Å²) in [5.41, 5.74) is 9.16. The molecule has 1 aromatic carbocycles. The minimum absolute atomic E-state index is 0. The molecular formula is C16H22IN5. The number of imidazole rings is 1. The van der Waals surface area contributed by atoms with Crippen LogP contribution in [0.4, 0.5) is 0 Å². The Hall–Kier alpha value is -1.83. The molecule has 3 N–H and O–H groups in total. The van der Waals surface area contributed by atoms with Gasteiger partial charge in [-0.05, 0) is 18.1 Å². The number of aromatic nitrogens is 2. The molecule has 0 aliphatic carbocycles. The Kier molecular flexibility index (Phi) is 7.65. The van der Waals surface area contributed by atoms with Crippen LogP contribution >= 0.6 is 24.0 Å². The lowest BCUT2D eigenvalue weighted by molar-refractivity contribution is 0.796. The lowest BCUT2D eigenvalue weighted by Gasteiger charge is -2.06. The van der Waals surface area contributed by atoms with Gasteiger partial charge in [-0.15, -0.1) is 24.0 Å². The predicted octanol–water partition coefficient (Wildman–Crippen LogP) is 2.53. The molecule has 0 saturated carbocycles. The van der Waals surface area contributed by atoms with Crippen molar-refractivity contribution in [3.8, 4) is 0 Å². The Morgan fingerprint density at radius 2 is 2.00 bits per heavy atom. The summed E-state index contributed by atoms with van der Waals surface area (Å²) in [5, 5.41) is 3.01. The molecule has 22 heavy (non-hydrogen) atoms. The van der Waals surface area contributed by atoms with E-state index in [-0.39, 0.29) is 24.0 Å². The van der Waals surface area contributed by atoms with Crippen LogP contribution in [-0.2, 0) is 13.1 Å². The molecule has 0 aliphatic heterocycles. The summed E-state index contributed by atoms with van der Waals surface area (Å²) in [6.07, 6.45) is 5.54. The third kappa shape index (κ3) is 6.30. The topological polar surface area (TPSA) is 68.2 Å². The Morgan fingerprint density at radius 1 is 1.32 bits per heavy atom. The minimum Gasteiger partial charge on any atom is -0.370 e. The molecule has 6 heteroatoms. The van der Waals surface area contributed by atoms with Crippen LogP contribution < -0.4 is 11.1 Å². The fourth-order valence-corrected chi connectivity index (χ4v) is 1.81. The third-order valence-electron chi connectivity index (χ3n) is 2.95. The molecule has 0 saturated heterocycles. The number of hydrogen-bond acceptors (Lipinski definition) is 2. The Balaban J connectivity index is 0.00000242. The van der Waals surface area contributed by atoms with E-state index in [4.69, 9.17) is 5.73 Å². The first-order valence-electron chi connectivity index (χ1n) is 6.85. The first kappa shape index (κ1) is 18.2. The second-order valence-electron chi connectivity index (χ2n) is 5.06. The number of hydrogen-bond donors (Lipinski definition) is 2. The summed E-state index contributed by atoms with van der Waals surface area (Å²) in [7, 11) is 0. The maximum absolute atomic E-state index is 5.78. The molecule has 0 radical (unpaired) electrons. The average Bonchev–Trinajstić information content (AvgIpc) is 2.97. The third-order valence-corrected chi connectivity index (χ3v) is 2.95. The van der Waals surface area contributed by atoms with Gasteiger partial charge in [-0.1, -0.05) is 36.4 Å². The zero-order valence-corrected chi connectivity index (χ0v) is 15.0. The van der Waals surface area contributed by atoms with Crippen LogP contribution in [0.1, 0.15) is 18.1 Å². The molecule has 2 aromatic rings. The van der Waals surface area contributed by atoms with E-state index in [0.717, 1.165) is 17.7 Å². The van der Waals surface area contributed by atoms with Gasteiger partial charge in [0.1, 0.15) is 0 Å². The monoisotopic (exact) mass is 411 g/mol. The summed E-state index contributed by atoms with van der Waals surface area (Å²) in [5.74, 6) is 0.445. The van der Waals surface area contributed by atoms with E-state index in [9.17, 15) is 0 Å². The van der Waals surface area contributed by atoms with Crippen molar-refractivity contribution < 1.29 is 0 Å². The number of halogens is 1. The van der Waals surface area contributed by atoms with Crippen molar-refractivity contribution in [1.29, 1.82) is 0 Å². The molecule has 0 spiro atoms. The van der Waals surface area contributed by atoms with Gasteiger partial charge in [0.2, 0.25) is 0 Å². The summed E-state index contributed by atoms with van der Waals surface area (Å²) in [6, 6.07) is 8.34. The minimum atomic E-state index is 0. The first-order chi connectivity index (χ1) is 10.1. The largest absolute Gasteiger partial charge is 0.370 e. The van der Waals surface area contributed by atoms with E-state index in [1.807, 2.05) is 24.0 Å². The van der Waals surface area contributed by atoms with E-state index in [2.05, 4.69) is 46.1 Å². The van der Waals surface area contributed by atoms with Crippen LogP contribution in [0.3, 0.4) is 0 Å². The van der Waals surface area contributed by atoms with Crippen molar-refractivity contribution in [3.05, 3.63) is 66.3 Å². The average molecular weight is 411 g/mol. The zero-order valence-electron chi connectivity index (χ0n) is 12.7. The van der Waals surface area contributed by atoms with Gasteiger partial charge in [-0.25, -0.2) is 9.98 Å². The summed E-state index contributed by atoms with van der Waals surface area (Å²) in [6.45, 7) is 7.80.